The van der Waals surface area contributed by atoms with Gasteiger partial charge in [0.05, 0.1) is 10.8 Å². The highest BCUT2D eigenvalue weighted by Crippen LogP contribution is 2.73. The summed E-state index contributed by atoms with van der Waals surface area (Å²) in [5, 5.41) is 8.98. The van der Waals surface area contributed by atoms with Crippen molar-refractivity contribution in [3.63, 3.8) is 0 Å². The minimum atomic E-state index is -0.778. The van der Waals surface area contributed by atoms with Gasteiger partial charge in [0.15, 0.2) is 0 Å². The number of benzene rings is 1. The first kappa shape index (κ1) is 11.3. The maximum atomic E-state index is 11.9. The minimum absolute atomic E-state index is 0.241. The Morgan fingerprint density at radius 3 is 2.28 bits per heavy atom. The van der Waals surface area contributed by atoms with Crippen LogP contribution in [0.1, 0.15) is 24.8 Å². The fraction of sp³-hybridized carbons (Fsp3) is 0.429. The first-order valence-electron chi connectivity index (χ1n) is 6.01. The van der Waals surface area contributed by atoms with Gasteiger partial charge < -0.3 is 9.84 Å². The van der Waals surface area contributed by atoms with E-state index < -0.39 is 16.8 Å². The molecule has 18 heavy (non-hydrogen) atoms. The molecule has 1 N–H and O–H groups in total. The van der Waals surface area contributed by atoms with Gasteiger partial charge in [-0.1, -0.05) is 30.3 Å². The van der Waals surface area contributed by atoms with Gasteiger partial charge in [-0.2, -0.15) is 0 Å². The summed E-state index contributed by atoms with van der Waals surface area (Å²) in [6.07, 6.45) is 1.34. The Morgan fingerprint density at radius 1 is 1.11 bits per heavy atom. The van der Waals surface area contributed by atoms with Crippen LogP contribution in [-0.4, -0.2) is 17.0 Å². The molecule has 0 saturated heterocycles. The Labute approximate surface area is 105 Å². The molecule has 4 rings (SSSR count). The number of ether oxygens (including phenoxy) is 1. The average molecular weight is 246 g/mol. The molecule has 4 nitrogen and oxygen atoms in total. The van der Waals surface area contributed by atoms with E-state index in [0.717, 1.165) is 5.56 Å². The predicted molar refractivity (Wildman–Crippen MR) is 62.6 cm³/mol. The van der Waals surface area contributed by atoms with Gasteiger partial charge in [-0.3, -0.25) is 9.59 Å². The van der Waals surface area contributed by atoms with Crippen molar-refractivity contribution in [2.45, 2.75) is 25.9 Å². The molecule has 3 aliphatic rings. The quantitative estimate of drug-likeness (QED) is 0.825. The molecular weight excluding hydrogens is 232 g/mol. The molecule has 4 heteroatoms. The molecule has 0 heterocycles. The highest BCUT2D eigenvalue weighted by molar-refractivity contribution is 5.90. The van der Waals surface area contributed by atoms with E-state index in [4.69, 9.17) is 9.84 Å². The molecule has 1 aromatic rings. The Balaban J connectivity index is 1.55. The molecule has 0 aromatic heterocycles. The number of rotatable bonds is 4. The van der Waals surface area contributed by atoms with E-state index in [9.17, 15) is 9.59 Å². The van der Waals surface area contributed by atoms with Gasteiger partial charge in [-0.25, -0.2) is 0 Å². The minimum Gasteiger partial charge on any atom is -0.481 e. The van der Waals surface area contributed by atoms with Crippen LogP contribution in [0.3, 0.4) is 0 Å². The van der Waals surface area contributed by atoms with E-state index in [-0.39, 0.29) is 12.6 Å². The molecule has 0 radical (unpaired) electrons. The third-order valence-corrected chi connectivity index (χ3v) is 4.13. The lowest BCUT2D eigenvalue weighted by Gasteiger charge is -2.65. The number of esters is 1. The molecule has 0 spiro atoms. The number of hydrogen-bond acceptors (Lipinski definition) is 3. The molecule has 0 amide bonds. The highest BCUT2D eigenvalue weighted by atomic mass is 16.5. The number of carbonyl (C=O) groups excluding carboxylic acids is 1. The van der Waals surface area contributed by atoms with E-state index in [1.165, 1.54) is 0 Å². The summed E-state index contributed by atoms with van der Waals surface area (Å²) >= 11 is 0. The van der Waals surface area contributed by atoms with Gasteiger partial charge in [0.25, 0.3) is 0 Å². The largest absolute Gasteiger partial charge is 0.481 e. The summed E-state index contributed by atoms with van der Waals surface area (Å²) in [4.78, 5) is 22.8. The van der Waals surface area contributed by atoms with Crippen molar-refractivity contribution in [2.24, 2.45) is 10.8 Å². The lowest BCUT2D eigenvalue weighted by atomic mass is 9.35. The molecule has 3 saturated carbocycles. The van der Waals surface area contributed by atoms with Crippen molar-refractivity contribution in [1.82, 2.24) is 0 Å². The maximum absolute atomic E-state index is 11.9. The van der Waals surface area contributed by atoms with Gasteiger partial charge in [-0.15, -0.1) is 0 Å². The average Bonchev–Trinajstić information content (AvgIpc) is 2.23. The van der Waals surface area contributed by atoms with Crippen LogP contribution in [0.15, 0.2) is 30.3 Å². The van der Waals surface area contributed by atoms with Crippen LogP contribution >= 0.6 is 0 Å². The van der Waals surface area contributed by atoms with Gasteiger partial charge in [0, 0.05) is 0 Å². The van der Waals surface area contributed by atoms with Gasteiger partial charge >= 0.3 is 11.9 Å². The number of hydrogen-bond donors (Lipinski definition) is 1. The third-order valence-electron chi connectivity index (χ3n) is 4.13. The highest BCUT2D eigenvalue weighted by Gasteiger charge is 2.76. The molecule has 0 atom stereocenters. The van der Waals surface area contributed by atoms with Gasteiger partial charge in [-0.05, 0) is 24.8 Å². The Morgan fingerprint density at radius 2 is 1.72 bits per heavy atom. The third kappa shape index (κ3) is 1.45. The monoisotopic (exact) mass is 246 g/mol. The Kier molecular flexibility index (Phi) is 2.24. The molecule has 0 aliphatic heterocycles. The summed E-state index contributed by atoms with van der Waals surface area (Å²) in [6, 6.07) is 9.48. The Hall–Kier alpha value is -1.84. The second-order valence-electron chi connectivity index (χ2n) is 5.46. The zero-order valence-corrected chi connectivity index (χ0v) is 9.89. The van der Waals surface area contributed by atoms with E-state index in [0.29, 0.717) is 19.3 Å². The second kappa shape index (κ2) is 3.57. The van der Waals surface area contributed by atoms with Crippen molar-refractivity contribution in [2.75, 3.05) is 0 Å². The van der Waals surface area contributed by atoms with Gasteiger partial charge in [0.2, 0.25) is 0 Å². The first-order chi connectivity index (χ1) is 8.56. The molecule has 3 fully saturated rings. The fourth-order valence-electron chi connectivity index (χ4n) is 3.11. The number of carboxylic acids is 1. The summed E-state index contributed by atoms with van der Waals surface area (Å²) in [5.41, 5.74) is -0.163. The van der Waals surface area contributed by atoms with Crippen LogP contribution in [0.5, 0.6) is 0 Å². The molecule has 3 aliphatic carbocycles. The maximum Gasteiger partial charge on any atom is 0.312 e. The van der Waals surface area contributed by atoms with Crippen LogP contribution in [0.25, 0.3) is 0 Å². The van der Waals surface area contributed by atoms with Crippen molar-refractivity contribution in [1.29, 1.82) is 0 Å². The van der Waals surface area contributed by atoms with Crippen LogP contribution in [0, 0.1) is 10.8 Å². The zero-order valence-electron chi connectivity index (χ0n) is 9.89. The normalized spacial score (nSPS) is 32.0. The lowest BCUT2D eigenvalue weighted by molar-refractivity contribution is -0.234. The number of carboxylic acid groups (broad SMARTS) is 1. The fourth-order valence-corrected chi connectivity index (χ4v) is 3.11. The molecule has 1 aromatic carbocycles. The van der Waals surface area contributed by atoms with Crippen LogP contribution < -0.4 is 0 Å². The summed E-state index contributed by atoms with van der Waals surface area (Å²) in [7, 11) is 0. The van der Waals surface area contributed by atoms with Crippen LogP contribution in [-0.2, 0) is 20.9 Å². The number of carbonyl (C=O) groups is 2. The van der Waals surface area contributed by atoms with Gasteiger partial charge in [0.1, 0.15) is 6.61 Å². The van der Waals surface area contributed by atoms with Crippen molar-refractivity contribution in [3.05, 3.63) is 35.9 Å². The molecule has 0 unspecified atom stereocenters. The van der Waals surface area contributed by atoms with E-state index in [1.54, 1.807) is 0 Å². The van der Waals surface area contributed by atoms with E-state index in [2.05, 4.69) is 0 Å². The lowest BCUT2D eigenvalue weighted by Crippen LogP contribution is -2.68. The topological polar surface area (TPSA) is 63.6 Å². The standard InChI is InChI=1S/C14H14O4/c15-11(16)13-7-14(8-13,9-13)12(17)18-6-10-4-2-1-3-5-10/h1-5H,6-9H2,(H,15,16). The van der Waals surface area contributed by atoms with Crippen LogP contribution in [0.2, 0.25) is 0 Å². The Bertz CT molecular complexity index is 486. The van der Waals surface area contributed by atoms with E-state index in [1.807, 2.05) is 30.3 Å². The van der Waals surface area contributed by atoms with Crippen molar-refractivity contribution >= 4 is 11.9 Å². The summed E-state index contributed by atoms with van der Waals surface area (Å²) < 4.78 is 5.27. The first-order valence-corrected chi connectivity index (χ1v) is 6.01. The van der Waals surface area contributed by atoms with Crippen molar-refractivity contribution < 1.29 is 19.4 Å². The van der Waals surface area contributed by atoms with E-state index >= 15 is 0 Å². The van der Waals surface area contributed by atoms with Crippen LogP contribution in [0.4, 0.5) is 0 Å². The summed E-state index contributed by atoms with van der Waals surface area (Å²) in [6.45, 7) is 0.265. The van der Waals surface area contributed by atoms with Crippen molar-refractivity contribution in [3.8, 4) is 0 Å². The molecule has 94 valence electrons. The smallest absolute Gasteiger partial charge is 0.312 e. The zero-order chi connectivity index (χ0) is 12.8. The SMILES string of the molecule is O=C(O)C12CC(C(=O)OCc3ccccc3)(C1)C2. The number of aliphatic carboxylic acids is 1. The summed E-state index contributed by atoms with van der Waals surface area (Å²) in [5.74, 6) is -1.02. The molecule has 2 bridgehead atoms. The predicted octanol–water partition coefficient (Wildman–Crippen LogP) is 1.98. The second-order valence-corrected chi connectivity index (χ2v) is 5.46. The molecular formula is C14H14O4.